The quantitative estimate of drug-likeness (QED) is 0.617. The Morgan fingerprint density at radius 2 is 1.93 bits per heavy atom. The summed E-state index contributed by atoms with van der Waals surface area (Å²) in [5, 5.41) is 3.59. The largest absolute Gasteiger partial charge is 0.354 e. The smallest absolute Gasteiger partial charge is 0.323 e. The van der Waals surface area contributed by atoms with E-state index in [1.54, 1.807) is 0 Å². The van der Waals surface area contributed by atoms with Crippen LogP contribution in [0.4, 0.5) is 5.82 Å². The van der Waals surface area contributed by atoms with E-state index in [-0.39, 0.29) is 5.69 Å². The minimum absolute atomic E-state index is 0.159. The molecule has 3 heterocycles. The predicted octanol–water partition coefficient (Wildman–Crippen LogP) is 1.55. The zero-order chi connectivity index (χ0) is 18.6. The number of fused-ring (bicyclic) bond motifs is 1. The van der Waals surface area contributed by atoms with Gasteiger partial charge in [-0.25, -0.2) is 9.78 Å². The number of anilines is 1. The first-order chi connectivity index (χ1) is 13.2. The molecule has 4 rings (SSSR count). The van der Waals surface area contributed by atoms with E-state index < -0.39 is 0 Å². The number of nitrogens with zero attached hydrogens (tertiary/aromatic N) is 3. The lowest BCUT2D eigenvalue weighted by Crippen LogP contribution is -2.50. The Hall–Kier alpha value is -2.64. The van der Waals surface area contributed by atoms with E-state index >= 15 is 0 Å². The number of nitrogens with one attached hydrogen (secondary N) is 3. The van der Waals surface area contributed by atoms with Crippen molar-refractivity contribution in [2.75, 3.05) is 37.6 Å². The molecule has 0 aliphatic carbocycles. The van der Waals surface area contributed by atoms with Crippen LogP contribution in [-0.2, 0) is 6.54 Å². The Labute approximate surface area is 158 Å². The molecule has 3 aromatic rings. The minimum Gasteiger partial charge on any atom is -0.354 e. The standard InChI is InChI=1S/C20H26N6O/c1-15(22-13-16-5-6-17-18(12-16)24-20(27)23-17)14-25-8-10-26(11-9-25)19-4-2-3-7-21-19/h2-7,12,15,22H,8-11,13-14H2,1H3,(H2,23,24,27). The van der Waals surface area contributed by atoms with Crippen LogP contribution >= 0.6 is 0 Å². The Morgan fingerprint density at radius 3 is 2.70 bits per heavy atom. The third-order valence-electron chi connectivity index (χ3n) is 5.11. The zero-order valence-electron chi connectivity index (χ0n) is 15.6. The third kappa shape index (κ3) is 4.37. The monoisotopic (exact) mass is 366 g/mol. The summed E-state index contributed by atoms with van der Waals surface area (Å²) in [6.07, 6.45) is 1.86. The van der Waals surface area contributed by atoms with Crippen molar-refractivity contribution >= 4 is 16.9 Å². The van der Waals surface area contributed by atoms with Crippen molar-refractivity contribution in [1.29, 1.82) is 0 Å². The number of rotatable bonds is 6. The maximum Gasteiger partial charge on any atom is 0.323 e. The molecule has 27 heavy (non-hydrogen) atoms. The van der Waals surface area contributed by atoms with Crippen molar-refractivity contribution in [2.45, 2.75) is 19.5 Å². The number of hydrogen-bond acceptors (Lipinski definition) is 5. The van der Waals surface area contributed by atoms with Gasteiger partial charge in [-0.1, -0.05) is 12.1 Å². The van der Waals surface area contributed by atoms with E-state index in [1.807, 2.05) is 30.5 Å². The van der Waals surface area contributed by atoms with E-state index in [1.165, 1.54) is 5.56 Å². The van der Waals surface area contributed by atoms with Gasteiger partial charge in [0.25, 0.3) is 0 Å². The van der Waals surface area contributed by atoms with Gasteiger partial charge in [0.05, 0.1) is 11.0 Å². The first-order valence-corrected chi connectivity index (χ1v) is 9.50. The SMILES string of the molecule is CC(CN1CCN(c2ccccn2)CC1)NCc1ccc2[nH]c(=O)[nH]c2c1. The number of aromatic nitrogens is 3. The Balaban J connectivity index is 1.24. The van der Waals surface area contributed by atoms with Crippen LogP contribution in [0.25, 0.3) is 11.0 Å². The summed E-state index contributed by atoms with van der Waals surface area (Å²) in [4.78, 5) is 26.2. The van der Waals surface area contributed by atoms with E-state index in [9.17, 15) is 4.79 Å². The summed E-state index contributed by atoms with van der Waals surface area (Å²) in [7, 11) is 0. The summed E-state index contributed by atoms with van der Waals surface area (Å²) in [6, 6.07) is 12.5. The van der Waals surface area contributed by atoms with E-state index in [2.05, 4.69) is 49.1 Å². The molecule has 1 aliphatic rings. The third-order valence-corrected chi connectivity index (χ3v) is 5.11. The van der Waals surface area contributed by atoms with E-state index in [4.69, 9.17) is 0 Å². The van der Waals surface area contributed by atoms with E-state index in [0.717, 1.165) is 56.1 Å². The highest BCUT2D eigenvalue weighted by Crippen LogP contribution is 2.13. The second-order valence-electron chi connectivity index (χ2n) is 7.22. The number of pyridine rings is 1. The van der Waals surface area contributed by atoms with Gasteiger partial charge in [-0.3, -0.25) is 4.90 Å². The highest BCUT2D eigenvalue weighted by molar-refractivity contribution is 5.74. The van der Waals surface area contributed by atoms with Gasteiger partial charge in [-0.15, -0.1) is 0 Å². The van der Waals surface area contributed by atoms with Gasteiger partial charge < -0.3 is 20.2 Å². The van der Waals surface area contributed by atoms with Crippen LogP contribution in [0.1, 0.15) is 12.5 Å². The van der Waals surface area contributed by atoms with E-state index in [0.29, 0.717) is 6.04 Å². The lowest BCUT2D eigenvalue weighted by Gasteiger charge is -2.36. The van der Waals surface area contributed by atoms with Crippen molar-refractivity contribution in [3.8, 4) is 0 Å². The zero-order valence-corrected chi connectivity index (χ0v) is 15.6. The summed E-state index contributed by atoms with van der Waals surface area (Å²) < 4.78 is 0. The number of H-pyrrole nitrogens is 2. The maximum atomic E-state index is 11.4. The molecule has 1 saturated heterocycles. The van der Waals surface area contributed by atoms with Crippen LogP contribution < -0.4 is 15.9 Å². The maximum absolute atomic E-state index is 11.4. The molecular formula is C20H26N6O. The summed E-state index contributed by atoms with van der Waals surface area (Å²) in [5.41, 5.74) is 2.72. The normalized spacial score (nSPS) is 16.7. The number of benzene rings is 1. The molecule has 0 spiro atoms. The summed E-state index contributed by atoms with van der Waals surface area (Å²) >= 11 is 0. The summed E-state index contributed by atoms with van der Waals surface area (Å²) in [5.74, 6) is 1.07. The molecule has 1 aromatic carbocycles. The first kappa shape index (κ1) is 17.8. The fraction of sp³-hybridized carbons (Fsp3) is 0.400. The van der Waals surface area contributed by atoms with Crippen molar-refractivity contribution < 1.29 is 0 Å². The average molecular weight is 366 g/mol. The van der Waals surface area contributed by atoms with Gasteiger partial charge in [0.15, 0.2) is 0 Å². The van der Waals surface area contributed by atoms with Crippen LogP contribution in [-0.4, -0.2) is 58.6 Å². The van der Waals surface area contributed by atoms with Gasteiger partial charge in [0.1, 0.15) is 5.82 Å². The van der Waals surface area contributed by atoms with Crippen LogP contribution in [0, 0.1) is 0 Å². The molecule has 2 aromatic heterocycles. The highest BCUT2D eigenvalue weighted by Gasteiger charge is 2.19. The molecule has 0 bridgehead atoms. The second-order valence-corrected chi connectivity index (χ2v) is 7.22. The predicted molar refractivity (Wildman–Crippen MR) is 108 cm³/mol. The molecule has 1 atom stereocenters. The summed E-state index contributed by atoms with van der Waals surface area (Å²) in [6.45, 7) is 8.18. The first-order valence-electron chi connectivity index (χ1n) is 9.50. The van der Waals surface area contributed by atoms with Crippen LogP contribution in [0.5, 0.6) is 0 Å². The minimum atomic E-state index is -0.159. The molecule has 0 saturated carbocycles. The van der Waals surface area contributed by atoms with Crippen LogP contribution in [0.3, 0.4) is 0 Å². The van der Waals surface area contributed by atoms with Crippen molar-refractivity contribution in [3.63, 3.8) is 0 Å². The van der Waals surface area contributed by atoms with Crippen LogP contribution in [0.2, 0.25) is 0 Å². The number of aromatic amines is 2. The fourth-order valence-electron chi connectivity index (χ4n) is 3.63. The molecule has 1 unspecified atom stereocenters. The van der Waals surface area contributed by atoms with Crippen molar-refractivity contribution in [1.82, 2.24) is 25.2 Å². The topological polar surface area (TPSA) is 80.0 Å². The Kier molecular flexibility index (Phi) is 5.22. The lowest BCUT2D eigenvalue weighted by atomic mass is 10.2. The number of hydrogen-bond donors (Lipinski definition) is 3. The van der Waals surface area contributed by atoms with Crippen molar-refractivity contribution in [2.24, 2.45) is 0 Å². The molecular weight excluding hydrogens is 340 g/mol. The van der Waals surface area contributed by atoms with Gasteiger partial charge in [-0.05, 0) is 36.8 Å². The number of imidazole rings is 1. The molecule has 3 N–H and O–H groups in total. The lowest BCUT2D eigenvalue weighted by molar-refractivity contribution is 0.233. The Morgan fingerprint density at radius 1 is 1.11 bits per heavy atom. The van der Waals surface area contributed by atoms with Crippen LogP contribution in [0.15, 0.2) is 47.4 Å². The molecule has 0 radical (unpaired) electrons. The molecule has 1 fully saturated rings. The molecule has 7 heteroatoms. The molecule has 7 nitrogen and oxygen atoms in total. The molecule has 142 valence electrons. The fourth-order valence-corrected chi connectivity index (χ4v) is 3.63. The highest BCUT2D eigenvalue weighted by atomic mass is 16.1. The van der Waals surface area contributed by atoms with Gasteiger partial charge >= 0.3 is 5.69 Å². The molecule has 0 amide bonds. The van der Waals surface area contributed by atoms with Gasteiger partial charge in [0.2, 0.25) is 0 Å². The van der Waals surface area contributed by atoms with Gasteiger partial charge in [0, 0.05) is 51.5 Å². The van der Waals surface area contributed by atoms with Gasteiger partial charge in [-0.2, -0.15) is 0 Å². The molecule has 1 aliphatic heterocycles. The second kappa shape index (κ2) is 7.94. The number of piperazine rings is 1. The average Bonchev–Trinajstić information content (AvgIpc) is 3.07. The Bertz CT molecular complexity index is 926. The van der Waals surface area contributed by atoms with Crippen molar-refractivity contribution in [3.05, 3.63) is 58.6 Å².